The van der Waals surface area contributed by atoms with E-state index in [4.69, 9.17) is 44.2 Å². The van der Waals surface area contributed by atoms with Crippen molar-refractivity contribution in [2.75, 3.05) is 26.1 Å². The van der Waals surface area contributed by atoms with Crippen molar-refractivity contribution in [3.63, 3.8) is 0 Å². The number of esters is 4. The van der Waals surface area contributed by atoms with Gasteiger partial charge in [-0.15, -0.1) is 0 Å². The van der Waals surface area contributed by atoms with Gasteiger partial charge in [0.2, 0.25) is 0 Å². The van der Waals surface area contributed by atoms with Crippen LogP contribution in [-0.2, 0) is 63.7 Å². The summed E-state index contributed by atoms with van der Waals surface area (Å²) in [5.41, 5.74) is 1.98. The van der Waals surface area contributed by atoms with Gasteiger partial charge in [0, 0.05) is 51.4 Å². The first-order valence-corrected chi connectivity index (χ1v) is 17.0. The number of fused-ring (bicyclic) bond motifs is 1. The van der Waals surface area contributed by atoms with E-state index < -0.39 is 64.5 Å². The molecule has 260 valence electrons. The lowest BCUT2D eigenvalue weighted by molar-refractivity contribution is -0.254. The summed E-state index contributed by atoms with van der Waals surface area (Å²) in [6, 6.07) is 12.4. The molecule has 2 heterocycles. The van der Waals surface area contributed by atoms with Crippen LogP contribution in [0.5, 0.6) is 5.75 Å². The summed E-state index contributed by atoms with van der Waals surface area (Å²) >= 11 is 6.71. The normalized spacial score (nSPS) is 20.9. The maximum Gasteiger partial charge on any atom is 0.303 e. The van der Waals surface area contributed by atoms with E-state index in [0.717, 1.165) is 25.7 Å². The monoisotopic (exact) mass is 709 g/mol. The van der Waals surface area contributed by atoms with Gasteiger partial charge in [0.15, 0.2) is 18.3 Å². The lowest BCUT2D eigenvalue weighted by atomic mass is 9.90. The summed E-state index contributed by atoms with van der Waals surface area (Å²) in [7, 11) is -3.57. The molecule has 16 heteroatoms. The third kappa shape index (κ3) is 9.69. The van der Waals surface area contributed by atoms with Crippen LogP contribution >= 0.6 is 11.6 Å². The van der Waals surface area contributed by atoms with E-state index >= 15 is 0 Å². The molecule has 0 amide bonds. The van der Waals surface area contributed by atoms with Gasteiger partial charge in [-0.3, -0.25) is 23.4 Å². The molecule has 5 atom stereocenters. The quantitative estimate of drug-likeness (QED) is 0.109. The molecule has 0 bridgehead atoms. The van der Waals surface area contributed by atoms with Crippen molar-refractivity contribution in [1.29, 1.82) is 0 Å². The van der Waals surface area contributed by atoms with Gasteiger partial charge >= 0.3 is 23.9 Å². The third-order valence-electron chi connectivity index (χ3n) is 7.10. The molecule has 0 aliphatic carbocycles. The lowest BCUT2D eigenvalue weighted by Gasteiger charge is -2.44. The largest absolute Gasteiger partial charge is 0.491 e. The van der Waals surface area contributed by atoms with E-state index in [9.17, 15) is 27.6 Å². The average Bonchev–Trinajstić information content (AvgIpc) is 3.35. The zero-order valence-electron chi connectivity index (χ0n) is 26.9. The van der Waals surface area contributed by atoms with Gasteiger partial charge in [0.05, 0.1) is 16.8 Å². The van der Waals surface area contributed by atoms with Crippen LogP contribution in [0.3, 0.4) is 0 Å². The maximum atomic E-state index is 12.4. The van der Waals surface area contributed by atoms with Crippen LogP contribution in [0.15, 0.2) is 48.7 Å². The van der Waals surface area contributed by atoms with Gasteiger partial charge in [-0.25, -0.2) is 0 Å². The zero-order chi connectivity index (χ0) is 35.2. The first kappa shape index (κ1) is 36.7. The average molecular weight is 710 g/mol. The summed E-state index contributed by atoms with van der Waals surface area (Å²) in [6.45, 7) is 4.56. The van der Waals surface area contributed by atoms with Crippen molar-refractivity contribution in [3.05, 3.63) is 64.8 Å². The number of ether oxygens (including phenoxy) is 6. The molecular weight excluding hydrogens is 674 g/mol. The van der Waals surface area contributed by atoms with E-state index in [1.54, 1.807) is 36.5 Å². The molecule has 14 nitrogen and oxygen atoms in total. The van der Waals surface area contributed by atoms with Crippen molar-refractivity contribution < 1.29 is 60.2 Å². The Kier molecular flexibility index (Phi) is 12.1. The Labute approximate surface area is 282 Å². The van der Waals surface area contributed by atoms with Gasteiger partial charge in [0.25, 0.3) is 10.1 Å². The molecule has 0 saturated carbocycles. The molecule has 48 heavy (non-hydrogen) atoms. The molecule has 0 spiro atoms. The number of nitrogens with zero attached hydrogens (tertiary/aromatic N) is 1. The van der Waals surface area contributed by atoms with Crippen LogP contribution in [-0.4, -0.2) is 87.4 Å². The molecule has 1 aliphatic rings. The standard InChI is InChI=1S/C32H36ClNO13S/c1-18(35)42-17-27-30(44-19(2)36)32(46-21(4)38)31(45-20(3)37)29(47-27)25-16-34(28-24(25)7-6-8-26(28)33)15-22-9-11-23(12-10-22)41-13-14-43-48(5,39)40/h6-12,16,27,29-32H,13-15,17H2,1-5H3/t27-,29+,30-,31+,32+/m1/s1. The number of hydrogen-bond acceptors (Lipinski definition) is 13. The number of benzene rings is 2. The summed E-state index contributed by atoms with van der Waals surface area (Å²) in [5.74, 6) is -2.29. The minimum atomic E-state index is -3.57. The number of rotatable bonds is 13. The Bertz CT molecular complexity index is 1760. The van der Waals surface area contributed by atoms with Gasteiger partial charge in [-0.05, 0) is 23.8 Å². The molecule has 2 aromatic carbocycles. The molecule has 3 aromatic rings. The summed E-state index contributed by atoms with van der Waals surface area (Å²) < 4.78 is 62.9. The minimum Gasteiger partial charge on any atom is -0.491 e. The second-order valence-corrected chi connectivity index (χ2v) is 13.0. The van der Waals surface area contributed by atoms with Crippen LogP contribution in [0.4, 0.5) is 0 Å². The fraction of sp³-hybridized carbons (Fsp3) is 0.438. The van der Waals surface area contributed by atoms with E-state index in [1.807, 2.05) is 16.7 Å². The predicted molar refractivity (Wildman–Crippen MR) is 170 cm³/mol. The van der Waals surface area contributed by atoms with Gasteiger partial charge in [0.1, 0.15) is 37.8 Å². The van der Waals surface area contributed by atoms with Crippen molar-refractivity contribution >= 4 is 56.5 Å². The van der Waals surface area contributed by atoms with Gasteiger partial charge < -0.3 is 33.0 Å². The SMILES string of the molecule is CC(=O)OC[C@H]1O[C@@H](c2cn(Cc3ccc(OCCOS(C)(=O)=O)cc3)c3c(Cl)cccc23)[C@H](OC(C)=O)[C@@H](OC(C)=O)[C@@H]1OC(C)=O. The molecule has 1 aliphatic heterocycles. The fourth-order valence-corrected chi connectivity index (χ4v) is 6.06. The molecule has 0 N–H and O–H groups in total. The Morgan fingerprint density at radius 1 is 0.833 bits per heavy atom. The number of hydrogen-bond donors (Lipinski definition) is 0. The number of halogens is 1. The first-order chi connectivity index (χ1) is 22.6. The Morgan fingerprint density at radius 2 is 1.46 bits per heavy atom. The molecule has 1 fully saturated rings. The Hall–Kier alpha value is -4.18. The molecule has 0 unspecified atom stereocenters. The van der Waals surface area contributed by atoms with Crippen LogP contribution in [0.1, 0.15) is 44.9 Å². The molecule has 1 aromatic heterocycles. The van der Waals surface area contributed by atoms with Gasteiger partial charge in [-0.2, -0.15) is 8.42 Å². The second-order valence-electron chi connectivity index (χ2n) is 11.0. The smallest absolute Gasteiger partial charge is 0.303 e. The predicted octanol–water partition coefficient (Wildman–Crippen LogP) is 3.50. The summed E-state index contributed by atoms with van der Waals surface area (Å²) in [4.78, 5) is 48.6. The summed E-state index contributed by atoms with van der Waals surface area (Å²) in [6.07, 6.45) is -3.40. The van der Waals surface area contributed by atoms with Crippen LogP contribution in [0.2, 0.25) is 5.02 Å². The highest BCUT2D eigenvalue weighted by Gasteiger charge is 2.53. The minimum absolute atomic E-state index is 0.0314. The van der Waals surface area contributed by atoms with E-state index in [2.05, 4.69) is 0 Å². The van der Waals surface area contributed by atoms with Crippen molar-refractivity contribution in [2.45, 2.75) is 64.8 Å². The van der Waals surface area contributed by atoms with E-state index in [-0.39, 0.29) is 19.8 Å². The number of aromatic nitrogens is 1. The number of carbonyl (C=O) groups excluding carboxylic acids is 4. The number of carbonyl (C=O) groups is 4. The van der Waals surface area contributed by atoms with Crippen LogP contribution in [0.25, 0.3) is 10.9 Å². The molecule has 4 rings (SSSR count). The number of para-hydroxylation sites is 1. The highest BCUT2D eigenvalue weighted by atomic mass is 35.5. The van der Waals surface area contributed by atoms with Gasteiger partial charge in [-0.1, -0.05) is 35.9 Å². The second kappa shape index (κ2) is 15.8. The third-order valence-corrected chi connectivity index (χ3v) is 8.00. The summed E-state index contributed by atoms with van der Waals surface area (Å²) in [5, 5.41) is 1.05. The molecular formula is C32H36ClNO13S. The highest BCUT2D eigenvalue weighted by molar-refractivity contribution is 7.85. The van der Waals surface area contributed by atoms with E-state index in [0.29, 0.717) is 33.8 Å². The Balaban J connectivity index is 1.73. The topological polar surface area (TPSA) is 172 Å². The van der Waals surface area contributed by atoms with Crippen LogP contribution in [0, 0.1) is 0 Å². The fourth-order valence-electron chi connectivity index (χ4n) is 5.40. The van der Waals surface area contributed by atoms with Crippen LogP contribution < -0.4 is 4.74 Å². The first-order valence-electron chi connectivity index (χ1n) is 14.8. The van der Waals surface area contributed by atoms with Crippen molar-refractivity contribution in [2.24, 2.45) is 0 Å². The molecule has 0 radical (unpaired) electrons. The van der Waals surface area contributed by atoms with E-state index in [1.165, 1.54) is 13.8 Å². The lowest BCUT2D eigenvalue weighted by Crippen LogP contribution is -2.59. The van der Waals surface area contributed by atoms with Crippen molar-refractivity contribution in [3.8, 4) is 5.75 Å². The zero-order valence-corrected chi connectivity index (χ0v) is 28.4. The molecule has 1 saturated heterocycles. The Morgan fingerprint density at radius 3 is 2.06 bits per heavy atom. The maximum absolute atomic E-state index is 12.4. The highest BCUT2D eigenvalue weighted by Crippen LogP contribution is 2.42. The van der Waals surface area contributed by atoms with Crippen molar-refractivity contribution in [1.82, 2.24) is 4.57 Å².